The average Bonchev–Trinajstić information content (AvgIpc) is 2.29. The summed E-state index contributed by atoms with van der Waals surface area (Å²) in [5.41, 5.74) is 6.47. The van der Waals surface area contributed by atoms with E-state index < -0.39 is 5.97 Å². The molecule has 0 fully saturated rings. The van der Waals surface area contributed by atoms with Crippen molar-refractivity contribution in [1.29, 1.82) is 0 Å². The van der Waals surface area contributed by atoms with Crippen molar-refractivity contribution in [3.63, 3.8) is 0 Å². The molecule has 106 valence electrons. The lowest BCUT2D eigenvalue weighted by Crippen LogP contribution is -2.10. The molecule has 4 heteroatoms. The Hall–Kier alpha value is -1.68. The highest BCUT2D eigenvalue weighted by molar-refractivity contribution is 5.82. The number of benzene rings is 1. The number of rotatable bonds is 5. The predicted molar refractivity (Wildman–Crippen MR) is 76.1 cm³/mol. The summed E-state index contributed by atoms with van der Waals surface area (Å²) in [5, 5.41) is 8.66. The fraction of sp³-hybridized carbons (Fsp3) is 0.467. The first-order valence-electron chi connectivity index (χ1n) is 6.43. The molecule has 0 bridgehead atoms. The molecule has 0 spiro atoms. The van der Waals surface area contributed by atoms with Crippen molar-refractivity contribution >= 4 is 11.8 Å². The molecule has 1 aromatic rings. The van der Waals surface area contributed by atoms with Gasteiger partial charge < -0.3 is 10.8 Å². The van der Waals surface area contributed by atoms with Crippen molar-refractivity contribution in [2.24, 2.45) is 11.7 Å². The number of carbonyl (C=O) groups is 2. The second-order valence-corrected chi connectivity index (χ2v) is 4.60. The van der Waals surface area contributed by atoms with Gasteiger partial charge in [-0.15, -0.1) is 0 Å². The maximum atomic E-state index is 11.5. The Kier molecular flexibility index (Phi) is 8.46. The zero-order chi connectivity index (χ0) is 14.8. The topological polar surface area (TPSA) is 80.4 Å². The average molecular weight is 265 g/mol. The third-order valence-electron chi connectivity index (χ3n) is 2.37. The molecule has 1 aromatic carbocycles. The lowest BCUT2D eigenvalue weighted by molar-refractivity contribution is -0.136. The van der Waals surface area contributed by atoms with Gasteiger partial charge in [-0.1, -0.05) is 45.0 Å². The fourth-order valence-electron chi connectivity index (χ4n) is 1.43. The van der Waals surface area contributed by atoms with Crippen molar-refractivity contribution in [2.45, 2.75) is 33.6 Å². The third-order valence-corrected chi connectivity index (χ3v) is 2.37. The molecule has 0 heterocycles. The van der Waals surface area contributed by atoms with Crippen LogP contribution >= 0.6 is 0 Å². The van der Waals surface area contributed by atoms with Crippen molar-refractivity contribution < 1.29 is 14.7 Å². The molecule has 1 rings (SSSR count). The molecule has 0 atom stereocenters. The zero-order valence-electron chi connectivity index (χ0n) is 11.8. The second-order valence-electron chi connectivity index (χ2n) is 4.60. The molecule has 3 N–H and O–H groups in total. The summed E-state index contributed by atoms with van der Waals surface area (Å²) in [6, 6.07) is 7.19. The Labute approximate surface area is 114 Å². The van der Waals surface area contributed by atoms with Crippen LogP contribution in [0.1, 0.15) is 31.9 Å². The zero-order valence-corrected chi connectivity index (χ0v) is 11.8. The second kappa shape index (κ2) is 9.28. The smallest absolute Gasteiger partial charge is 0.307 e. The largest absolute Gasteiger partial charge is 0.481 e. The quantitative estimate of drug-likeness (QED) is 0.853. The highest BCUT2D eigenvalue weighted by Gasteiger charge is 2.09. The van der Waals surface area contributed by atoms with Crippen LogP contribution in [0.25, 0.3) is 0 Å². The molecule has 0 saturated heterocycles. The van der Waals surface area contributed by atoms with E-state index in [0.29, 0.717) is 6.42 Å². The number of carboxylic acids is 1. The van der Waals surface area contributed by atoms with Crippen LogP contribution in [0.3, 0.4) is 0 Å². The Morgan fingerprint density at radius 1 is 1.21 bits per heavy atom. The SMILES string of the molecule is CC(C)C(=O)Cc1cccc(CC(=O)O)c1.CCN. The van der Waals surface area contributed by atoms with Crippen molar-refractivity contribution in [2.75, 3.05) is 6.54 Å². The number of ketones is 1. The van der Waals surface area contributed by atoms with Crippen LogP contribution in [-0.2, 0) is 22.4 Å². The minimum atomic E-state index is -0.854. The van der Waals surface area contributed by atoms with Gasteiger partial charge in [0.2, 0.25) is 0 Å². The van der Waals surface area contributed by atoms with Gasteiger partial charge in [-0.25, -0.2) is 0 Å². The maximum Gasteiger partial charge on any atom is 0.307 e. The first kappa shape index (κ1) is 17.3. The van der Waals surface area contributed by atoms with Crippen LogP contribution in [0.15, 0.2) is 24.3 Å². The van der Waals surface area contributed by atoms with E-state index in [0.717, 1.165) is 17.7 Å². The van der Waals surface area contributed by atoms with Gasteiger partial charge in [-0.2, -0.15) is 0 Å². The number of aliphatic carboxylic acids is 1. The summed E-state index contributed by atoms with van der Waals surface area (Å²) in [5.74, 6) is -0.664. The lowest BCUT2D eigenvalue weighted by atomic mass is 9.99. The molecule has 4 nitrogen and oxygen atoms in total. The Balaban J connectivity index is 0.000000982. The Morgan fingerprint density at radius 2 is 1.68 bits per heavy atom. The van der Waals surface area contributed by atoms with Gasteiger partial charge >= 0.3 is 5.97 Å². The van der Waals surface area contributed by atoms with Gasteiger partial charge in [0.25, 0.3) is 0 Å². The highest BCUT2D eigenvalue weighted by Crippen LogP contribution is 2.09. The highest BCUT2D eigenvalue weighted by atomic mass is 16.4. The van der Waals surface area contributed by atoms with Crippen molar-refractivity contribution in [3.05, 3.63) is 35.4 Å². The molecule has 0 aliphatic carbocycles. The van der Waals surface area contributed by atoms with Crippen LogP contribution in [0.4, 0.5) is 0 Å². The summed E-state index contributed by atoms with van der Waals surface area (Å²) >= 11 is 0. The standard InChI is InChI=1S/C13H16O3.C2H7N/c1-9(2)12(14)7-10-4-3-5-11(6-10)8-13(15)16;1-2-3/h3-6,9H,7-8H2,1-2H3,(H,15,16);2-3H2,1H3. The predicted octanol–water partition coefficient (Wildman–Crippen LogP) is 2.05. The summed E-state index contributed by atoms with van der Waals surface area (Å²) in [6.45, 7) is 6.38. The molecule has 19 heavy (non-hydrogen) atoms. The Morgan fingerprint density at radius 3 is 2.11 bits per heavy atom. The number of hydrogen-bond acceptors (Lipinski definition) is 3. The molecule has 0 aromatic heterocycles. The first-order valence-corrected chi connectivity index (χ1v) is 6.43. The van der Waals surface area contributed by atoms with E-state index in [1.807, 2.05) is 26.8 Å². The molecule has 0 amide bonds. The van der Waals surface area contributed by atoms with Gasteiger partial charge in [-0.3, -0.25) is 9.59 Å². The van der Waals surface area contributed by atoms with E-state index in [-0.39, 0.29) is 18.1 Å². The lowest BCUT2D eigenvalue weighted by Gasteiger charge is -2.05. The molecule has 0 aliphatic rings. The van der Waals surface area contributed by atoms with Crippen molar-refractivity contribution in [3.8, 4) is 0 Å². The minimum absolute atomic E-state index is 0.00368. The van der Waals surface area contributed by atoms with Gasteiger partial charge in [0.1, 0.15) is 5.78 Å². The molecule has 0 unspecified atom stereocenters. The van der Waals surface area contributed by atoms with E-state index >= 15 is 0 Å². The number of carbonyl (C=O) groups excluding carboxylic acids is 1. The third kappa shape index (κ3) is 8.11. The molecular formula is C15H23NO3. The van der Waals surface area contributed by atoms with Gasteiger partial charge in [0, 0.05) is 12.3 Å². The van der Waals surface area contributed by atoms with Crippen LogP contribution in [0, 0.1) is 5.92 Å². The van der Waals surface area contributed by atoms with E-state index in [4.69, 9.17) is 10.8 Å². The summed E-state index contributed by atoms with van der Waals surface area (Å²) < 4.78 is 0. The van der Waals surface area contributed by atoms with E-state index in [1.54, 1.807) is 18.2 Å². The van der Waals surface area contributed by atoms with Crippen LogP contribution in [-0.4, -0.2) is 23.4 Å². The summed E-state index contributed by atoms with van der Waals surface area (Å²) in [6.07, 6.45) is 0.384. The number of carboxylic acid groups (broad SMARTS) is 1. The summed E-state index contributed by atoms with van der Waals surface area (Å²) in [7, 11) is 0. The van der Waals surface area contributed by atoms with Crippen LogP contribution in [0.2, 0.25) is 0 Å². The molecule has 0 saturated carbocycles. The minimum Gasteiger partial charge on any atom is -0.481 e. The first-order chi connectivity index (χ1) is 8.90. The molecule has 0 radical (unpaired) electrons. The fourth-order valence-corrected chi connectivity index (χ4v) is 1.43. The van der Waals surface area contributed by atoms with Gasteiger partial charge in [0.05, 0.1) is 6.42 Å². The van der Waals surface area contributed by atoms with Crippen molar-refractivity contribution in [1.82, 2.24) is 0 Å². The monoisotopic (exact) mass is 265 g/mol. The van der Waals surface area contributed by atoms with E-state index in [9.17, 15) is 9.59 Å². The normalized spacial score (nSPS) is 9.74. The number of nitrogens with two attached hydrogens (primary N) is 1. The van der Waals surface area contributed by atoms with Gasteiger partial charge in [0.15, 0.2) is 0 Å². The molecule has 0 aliphatic heterocycles. The van der Waals surface area contributed by atoms with Crippen LogP contribution in [0.5, 0.6) is 0 Å². The van der Waals surface area contributed by atoms with E-state index in [2.05, 4.69) is 0 Å². The summed E-state index contributed by atoms with van der Waals surface area (Å²) in [4.78, 5) is 22.1. The maximum absolute atomic E-state index is 11.5. The van der Waals surface area contributed by atoms with Gasteiger partial charge in [-0.05, 0) is 17.7 Å². The van der Waals surface area contributed by atoms with Crippen LogP contribution < -0.4 is 5.73 Å². The van der Waals surface area contributed by atoms with E-state index in [1.165, 1.54) is 0 Å². The Bertz CT molecular complexity index is 414. The molecular weight excluding hydrogens is 242 g/mol. The number of hydrogen-bond donors (Lipinski definition) is 2. The number of Topliss-reactive ketones (excluding diaryl/α,β-unsaturated/α-hetero) is 1.